The lowest BCUT2D eigenvalue weighted by Gasteiger charge is -2.24. The maximum absolute atomic E-state index is 14.0. The van der Waals surface area contributed by atoms with Gasteiger partial charge in [0.1, 0.15) is 24.2 Å². The number of aliphatic hydroxyl groups is 1. The van der Waals surface area contributed by atoms with Crippen LogP contribution in [0.1, 0.15) is 53.3 Å². The number of fused-ring (bicyclic) bond motifs is 2. The molecule has 1 aromatic heterocycles. The monoisotopic (exact) mass is 646 g/mol. The predicted molar refractivity (Wildman–Crippen MR) is 182 cm³/mol. The molecule has 0 radical (unpaired) electrons. The van der Waals surface area contributed by atoms with Crippen LogP contribution < -0.4 is 19.1 Å². The Bertz CT molecular complexity index is 2070. The number of aryl methyl sites for hydroxylation is 2. The first kappa shape index (κ1) is 30.5. The van der Waals surface area contributed by atoms with Crippen molar-refractivity contribution in [2.75, 3.05) is 11.5 Å². The topological polar surface area (TPSA) is 98.2 Å². The lowest BCUT2D eigenvalue weighted by molar-refractivity contribution is -0.132. The van der Waals surface area contributed by atoms with Gasteiger partial charge in [-0.3, -0.25) is 14.5 Å². The van der Waals surface area contributed by atoms with Crippen LogP contribution in [-0.2, 0) is 22.6 Å². The van der Waals surface area contributed by atoms with E-state index in [0.717, 1.165) is 38.2 Å². The van der Waals surface area contributed by atoms with E-state index in [0.29, 0.717) is 47.4 Å². The van der Waals surface area contributed by atoms with Crippen LogP contribution in [0.2, 0.25) is 0 Å². The fourth-order valence-corrected chi connectivity index (χ4v) is 7.52. The summed E-state index contributed by atoms with van der Waals surface area (Å²) in [6.45, 7) is 8.56. The zero-order chi connectivity index (χ0) is 32.8. The number of Topliss-reactive ketones (excluding diaryl/α,β-unsaturated/α-hetero) is 1. The molecular weight excluding hydrogens is 612 g/mol. The Morgan fingerprint density at radius 1 is 1.00 bits per heavy atom. The lowest BCUT2D eigenvalue weighted by Crippen LogP contribution is -2.29. The molecule has 1 saturated heterocycles. The van der Waals surface area contributed by atoms with E-state index in [-0.39, 0.29) is 17.4 Å². The number of aromatic nitrogens is 1. The van der Waals surface area contributed by atoms with Crippen LogP contribution in [0.15, 0.2) is 84.4 Å². The molecule has 2 aliphatic rings. The number of carbonyl (C=O) groups excluding carboxylic acids is 2. The van der Waals surface area contributed by atoms with Gasteiger partial charge in [0.25, 0.3) is 5.78 Å². The average molecular weight is 647 g/mol. The van der Waals surface area contributed by atoms with Gasteiger partial charge in [0.2, 0.25) is 0 Å². The van der Waals surface area contributed by atoms with Crippen molar-refractivity contribution in [2.24, 2.45) is 0 Å². The third kappa shape index (κ3) is 5.61. The number of hydrogen-bond acceptors (Lipinski definition) is 8. The molecule has 8 nitrogen and oxygen atoms in total. The maximum Gasteiger partial charge on any atom is 0.301 e. The minimum absolute atomic E-state index is 0.0127. The van der Waals surface area contributed by atoms with Gasteiger partial charge in [-0.25, -0.2) is 4.98 Å². The van der Waals surface area contributed by atoms with Crippen molar-refractivity contribution in [1.29, 1.82) is 0 Å². The summed E-state index contributed by atoms with van der Waals surface area (Å²) in [5.41, 5.74) is 5.75. The molecule has 1 N–H and O–H groups in total. The van der Waals surface area contributed by atoms with Gasteiger partial charge in [-0.05, 0) is 91.9 Å². The highest BCUT2D eigenvalue weighted by Crippen LogP contribution is 2.46. The second-order valence-corrected chi connectivity index (χ2v) is 13.0. The van der Waals surface area contributed by atoms with Gasteiger partial charge >= 0.3 is 5.91 Å². The van der Waals surface area contributed by atoms with Crippen LogP contribution >= 0.6 is 11.3 Å². The van der Waals surface area contributed by atoms with Gasteiger partial charge < -0.3 is 19.3 Å². The zero-order valence-electron chi connectivity index (χ0n) is 26.6. The molecule has 47 heavy (non-hydrogen) atoms. The lowest BCUT2D eigenvalue weighted by atomic mass is 9.94. The molecule has 4 aromatic carbocycles. The van der Waals surface area contributed by atoms with Gasteiger partial charge in [-0.15, -0.1) is 0 Å². The molecule has 7 rings (SSSR count). The van der Waals surface area contributed by atoms with E-state index in [1.54, 1.807) is 30.3 Å². The average Bonchev–Trinajstić information content (AvgIpc) is 3.73. The summed E-state index contributed by atoms with van der Waals surface area (Å²) in [6.07, 6.45) is 0.694. The summed E-state index contributed by atoms with van der Waals surface area (Å²) in [5, 5.41) is 12.2. The fourth-order valence-electron chi connectivity index (χ4n) is 6.35. The standard InChI is InChI=1S/C38H34N2O6S/c1-5-44-30-19-25(11-14-29(30)45-20-24-9-7-6-8-10-24)34-32(35(41)26-12-13-28-27(18-26)17-23(4)46-28)36(42)37(43)40(34)38-39-33-22(3)15-21(2)16-31(33)47-38/h6-16,18-19,23,34,41H,5,17,20H2,1-4H3/b35-32+. The summed E-state index contributed by atoms with van der Waals surface area (Å²) in [6, 6.07) is 23.6. The highest BCUT2D eigenvalue weighted by atomic mass is 32.1. The summed E-state index contributed by atoms with van der Waals surface area (Å²) >= 11 is 1.34. The number of hydrogen-bond donors (Lipinski definition) is 1. The maximum atomic E-state index is 14.0. The van der Waals surface area contributed by atoms with E-state index in [1.165, 1.54) is 16.2 Å². The van der Waals surface area contributed by atoms with E-state index in [2.05, 4.69) is 0 Å². The number of amides is 1. The van der Waals surface area contributed by atoms with E-state index < -0.39 is 17.7 Å². The van der Waals surface area contributed by atoms with E-state index in [9.17, 15) is 14.7 Å². The van der Waals surface area contributed by atoms with Gasteiger partial charge in [-0.2, -0.15) is 0 Å². The largest absolute Gasteiger partial charge is 0.507 e. The van der Waals surface area contributed by atoms with Crippen molar-refractivity contribution in [3.05, 3.63) is 118 Å². The number of ether oxygens (including phenoxy) is 3. The van der Waals surface area contributed by atoms with Crippen LogP contribution in [0, 0.1) is 13.8 Å². The Kier molecular flexibility index (Phi) is 7.93. The number of benzene rings is 4. The highest BCUT2D eigenvalue weighted by Gasteiger charge is 2.48. The van der Waals surface area contributed by atoms with E-state index in [1.807, 2.05) is 76.2 Å². The van der Waals surface area contributed by atoms with Crippen LogP contribution in [0.5, 0.6) is 17.2 Å². The van der Waals surface area contributed by atoms with E-state index in [4.69, 9.17) is 19.2 Å². The Hall–Kier alpha value is -5.15. The molecule has 0 bridgehead atoms. The molecule has 0 aliphatic carbocycles. The third-order valence-corrected chi connectivity index (χ3v) is 9.46. The molecular formula is C38H34N2O6S. The second kappa shape index (κ2) is 12.2. The molecule has 9 heteroatoms. The molecule has 1 fully saturated rings. The minimum atomic E-state index is -0.970. The summed E-state index contributed by atoms with van der Waals surface area (Å²) in [4.78, 5) is 34.1. The zero-order valence-corrected chi connectivity index (χ0v) is 27.4. The Morgan fingerprint density at radius 3 is 2.60 bits per heavy atom. The van der Waals surface area contributed by atoms with Crippen molar-refractivity contribution < 1.29 is 28.9 Å². The van der Waals surface area contributed by atoms with Crippen molar-refractivity contribution in [3.63, 3.8) is 0 Å². The predicted octanol–water partition coefficient (Wildman–Crippen LogP) is 7.84. The SMILES string of the molecule is CCOc1cc(C2/C(=C(\O)c3ccc4c(c3)CC(C)O4)C(=O)C(=O)N2c2nc3c(C)cc(C)cc3s2)ccc1OCc1ccccc1. The van der Waals surface area contributed by atoms with Crippen LogP contribution in [-0.4, -0.2) is 34.5 Å². The molecule has 0 spiro atoms. The summed E-state index contributed by atoms with van der Waals surface area (Å²) in [5.74, 6) is -0.0638. The van der Waals surface area contributed by atoms with Gasteiger partial charge in [0, 0.05) is 12.0 Å². The molecule has 1 amide bonds. The first-order valence-corrected chi connectivity index (χ1v) is 16.5. The van der Waals surface area contributed by atoms with Crippen molar-refractivity contribution in [2.45, 2.75) is 52.9 Å². The van der Waals surface area contributed by atoms with Crippen molar-refractivity contribution in [1.82, 2.24) is 4.98 Å². The van der Waals surface area contributed by atoms with Crippen LogP contribution in [0.25, 0.3) is 16.0 Å². The van der Waals surface area contributed by atoms with Crippen molar-refractivity contribution >= 4 is 44.1 Å². The highest BCUT2D eigenvalue weighted by molar-refractivity contribution is 7.22. The summed E-state index contributed by atoms with van der Waals surface area (Å²) < 4.78 is 18.9. The van der Waals surface area contributed by atoms with E-state index >= 15 is 0 Å². The molecule has 238 valence electrons. The van der Waals surface area contributed by atoms with Crippen LogP contribution in [0.3, 0.4) is 0 Å². The number of rotatable bonds is 8. The number of thiazole rings is 1. The minimum Gasteiger partial charge on any atom is -0.507 e. The molecule has 2 unspecified atom stereocenters. The summed E-state index contributed by atoms with van der Waals surface area (Å²) in [7, 11) is 0. The fraction of sp³-hybridized carbons (Fsp3) is 0.237. The van der Waals surface area contributed by atoms with Gasteiger partial charge in [0.15, 0.2) is 16.6 Å². The molecule has 3 heterocycles. The number of carbonyl (C=O) groups is 2. The third-order valence-electron chi connectivity index (χ3n) is 8.46. The smallest absolute Gasteiger partial charge is 0.301 e. The molecule has 2 aliphatic heterocycles. The normalized spacial score (nSPS) is 18.4. The van der Waals surface area contributed by atoms with Gasteiger partial charge in [0.05, 0.1) is 28.4 Å². The number of aliphatic hydroxyl groups excluding tert-OH is 1. The number of ketones is 1. The van der Waals surface area contributed by atoms with Crippen LogP contribution in [0.4, 0.5) is 5.13 Å². The Balaban J connectivity index is 1.37. The molecule has 0 saturated carbocycles. The molecule has 2 atom stereocenters. The van der Waals surface area contributed by atoms with Crippen molar-refractivity contribution in [3.8, 4) is 17.2 Å². The Labute approximate surface area is 276 Å². The molecule has 5 aromatic rings. The first-order chi connectivity index (χ1) is 22.7. The number of nitrogens with zero attached hydrogens (tertiary/aromatic N) is 2. The Morgan fingerprint density at radius 2 is 1.81 bits per heavy atom. The first-order valence-electron chi connectivity index (χ1n) is 15.6. The van der Waals surface area contributed by atoms with Gasteiger partial charge in [-0.1, -0.05) is 53.8 Å². The second-order valence-electron chi connectivity index (χ2n) is 12.0. The number of anilines is 1. The quantitative estimate of drug-likeness (QED) is 0.104.